The molecule has 0 saturated carbocycles. The van der Waals surface area contributed by atoms with E-state index < -0.39 is 7.05 Å². The van der Waals surface area contributed by atoms with Gasteiger partial charge < -0.3 is 9.83 Å². The maximum Gasteiger partial charge on any atom is 0.376 e. The molecule has 1 N–H and O–H groups in total. The molecule has 0 unspecified atom stereocenters. The number of hydrogen-bond donors (Lipinski definition) is 1. The Morgan fingerprint density at radius 1 is 1.15 bits per heavy atom. The summed E-state index contributed by atoms with van der Waals surface area (Å²) < 4.78 is 0. The molecule has 1 aromatic carbocycles. The Kier molecular flexibility index (Phi) is 4.72. The van der Waals surface area contributed by atoms with Crippen LogP contribution in [0.1, 0.15) is 28.4 Å². The van der Waals surface area contributed by atoms with Crippen LogP contribution >= 0.6 is 0 Å². The molecule has 4 rings (SSSR count). The van der Waals surface area contributed by atoms with E-state index in [1.165, 1.54) is 0 Å². The third kappa shape index (κ3) is 3.01. The van der Waals surface area contributed by atoms with Gasteiger partial charge >= 0.3 is 7.05 Å². The normalized spacial score (nSPS) is 20.5. The molecular weight excluding hydrogens is 325 g/mol. The highest BCUT2D eigenvalue weighted by molar-refractivity contribution is 6.45. The third-order valence-electron chi connectivity index (χ3n) is 5.38. The molecule has 2 aliphatic rings. The van der Waals surface area contributed by atoms with Crippen LogP contribution in [-0.2, 0) is 4.79 Å². The Balaban J connectivity index is 1.80. The number of nitrogens with zero attached hydrogens (tertiary/aromatic N) is 3. The van der Waals surface area contributed by atoms with Crippen molar-refractivity contribution in [3.63, 3.8) is 0 Å². The highest BCUT2D eigenvalue weighted by Crippen LogP contribution is 2.38. The summed E-state index contributed by atoms with van der Waals surface area (Å²) in [5, 5.41) is 9.85. The lowest BCUT2D eigenvalue weighted by molar-refractivity contribution is -0.103. The highest BCUT2D eigenvalue weighted by Gasteiger charge is 2.33. The number of allylic oxidation sites excluding steroid dienone is 1. The van der Waals surface area contributed by atoms with Crippen molar-refractivity contribution in [2.24, 2.45) is 0 Å². The van der Waals surface area contributed by atoms with Crippen LogP contribution in [0.3, 0.4) is 0 Å². The van der Waals surface area contributed by atoms with Crippen molar-refractivity contribution in [3.8, 4) is 0 Å². The van der Waals surface area contributed by atoms with Crippen LogP contribution in [0.5, 0.6) is 0 Å². The van der Waals surface area contributed by atoms with Crippen molar-refractivity contribution >= 4 is 25.0 Å². The van der Waals surface area contributed by atoms with Gasteiger partial charge in [-0.25, -0.2) is 0 Å². The topological polar surface area (TPSA) is 56.7 Å². The van der Waals surface area contributed by atoms with Gasteiger partial charge in [0.2, 0.25) is 0 Å². The minimum absolute atomic E-state index is 0.00671. The Morgan fingerprint density at radius 2 is 1.92 bits per heavy atom. The molecular formula is C20H22BN3O2. The van der Waals surface area contributed by atoms with Crippen molar-refractivity contribution in [1.29, 1.82) is 0 Å². The zero-order valence-corrected chi connectivity index (χ0v) is 14.9. The van der Waals surface area contributed by atoms with Gasteiger partial charge in [-0.05, 0) is 35.7 Å². The largest absolute Gasteiger partial charge is 0.437 e. The molecule has 0 bridgehead atoms. The number of aldehydes is 1. The number of carbonyl (C=O) groups excluding carboxylic acids is 1. The first-order valence-corrected chi connectivity index (χ1v) is 9.06. The van der Waals surface area contributed by atoms with Crippen molar-refractivity contribution in [3.05, 3.63) is 65.0 Å². The number of fused-ring (bicyclic) bond motifs is 2. The van der Waals surface area contributed by atoms with Gasteiger partial charge in [0.15, 0.2) is 6.29 Å². The van der Waals surface area contributed by atoms with Gasteiger partial charge in [0.25, 0.3) is 0 Å². The maximum atomic E-state index is 11.7. The van der Waals surface area contributed by atoms with Gasteiger partial charge in [-0.15, -0.1) is 0 Å². The summed E-state index contributed by atoms with van der Waals surface area (Å²) in [6.07, 6.45) is 4.70. The summed E-state index contributed by atoms with van der Waals surface area (Å²) in [4.78, 5) is 20.9. The average Bonchev–Trinajstić information content (AvgIpc) is 2.82. The molecule has 5 nitrogen and oxygen atoms in total. The molecule has 1 aliphatic carbocycles. The summed E-state index contributed by atoms with van der Waals surface area (Å²) in [6, 6.07) is 12.1. The van der Waals surface area contributed by atoms with Crippen LogP contribution in [0, 0.1) is 0 Å². The zero-order chi connectivity index (χ0) is 18.1. The van der Waals surface area contributed by atoms with E-state index >= 15 is 0 Å². The highest BCUT2D eigenvalue weighted by atomic mass is 16.2. The van der Waals surface area contributed by atoms with Gasteiger partial charge in [-0.3, -0.25) is 14.7 Å². The standard InChI is InChI=1S/C20H22BN3O2/c1-21(26)24-11-9-23(10-12-24)20-18-7-3-2-6-17(18)16(14-25)13-15-5-4-8-22-19(15)20/h2-8,13-14,20,26H,9-12H2,1H3/t20-/m0/s1. The molecule has 0 amide bonds. The lowest BCUT2D eigenvalue weighted by Crippen LogP contribution is -2.52. The minimum Gasteiger partial charge on any atom is -0.437 e. The molecule has 26 heavy (non-hydrogen) atoms. The Hall–Kier alpha value is -2.28. The third-order valence-corrected chi connectivity index (χ3v) is 5.38. The first kappa shape index (κ1) is 17.2. The van der Waals surface area contributed by atoms with E-state index in [0.717, 1.165) is 54.8 Å². The maximum absolute atomic E-state index is 11.7. The summed E-state index contributed by atoms with van der Waals surface area (Å²) in [5.74, 6) is 0. The smallest absolute Gasteiger partial charge is 0.376 e. The number of carbonyl (C=O) groups is 1. The monoisotopic (exact) mass is 347 g/mol. The summed E-state index contributed by atoms with van der Waals surface area (Å²) >= 11 is 0. The Morgan fingerprint density at radius 3 is 2.65 bits per heavy atom. The molecule has 6 heteroatoms. The molecule has 0 spiro atoms. The van der Waals surface area contributed by atoms with Crippen LogP contribution < -0.4 is 0 Å². The van der Waals surface area contributed by atoms with E-state index in [0.29, 0.717) is 5.57 Å². The molecule has 1 saturated heterocycles. The summed E-state index contributed by atoms with van der Waals surface area (Å²) in [7, 11) is -0.424. The predicted molar refractivity (Wildman–Crippen MR) is 103 cm³/mol. The second-order valence-electron chi connectivity index (χ2n) is 6.89. The minimum atomic E-state index is -0.424. The fraction of sp³-hybridized carbons (Fsp3) is 0.300. The number of piperazine rings is 1. The van der Waals surface area contributed by atoms with Crippen molar-refractivity contribution in [2.75, 3.05) is 26.2 Å². The van der Waals surface area contributed by atoms with E-state index in [4.69, 9.17) is 4.98 Å². The van der Waals surface area contributed by atoms with E-state index in [2.05, 4.69) is 15.8 Å². The lowest BCUT2D eigenvalue weighted by Gasteiger charge is -2.40. The first-order valence-electron chi connectivity index (χ1n) is 9.06. The van der Waals surface area contributed by atoms with Crippen LogP contribution in [0.15, 0.2) is 42.6 Å². The second kappa shape index (κ2) is 7.15. The van der Waals surface area contributed by atoms with Gasteiger partial charge in [-0.1, -0.05) is 30.3 Å². The fourth-order valence-electron chi connectivity index (χ4n) is 4.01. The van der Waals surface area contributed by atoms with Crippen molar-refractivity contribution < 1.29 is 9.82 Å². The number of rotatable bonds is 3. The molecule has 2 heterocycles. The second-order valence-corrected chi connectivity index (χ2v) is 6.89. The lowest BCUT2D eigenvalue weighted by atomic mass is 9.84. The number of aromatic nitrogens is 1. The average molecular weight is 347 g/mol. The first-order chi connectivity index (χ1) is 12.7. The van der Waals surface area contributed by atoms with Crippen LogP contribution in [0.4, 0.5) is 0 Å². The predicted octanol–water partition coefficient (Wildman–Crippen LogP) is 1.95. The molecule has 132 valence electrons. The Labute approximate surface area is 154 Å². The molecule has 1 aromatic heterocycles. The molecule has 2 aromatic rings. The van der Waals surface area contributed by atoms with Gasteiger partial charge in [0.05, 0.1) is 11.7 Å². The molecule has 1 atom stereocenters. The van der Waals surface area contributed by atoms with Gasteiger partial charge in [0, 0.05) is 37.9 Å². The zero-order valence-electron chi connectivity index (χ0n) is 14.9. The van der Waals surface area contributed by atoms with Crippen molar-refractivity contribution in [1.82, 2.24) is 14.7 Å². The number of benzene rings is 1. The summed E-state index contributed by atoms with van der Waals surface area (Å²) in [5.41, 5.74) is 4.77. The van der Waals surface area contributed by atoms with E-state index in [1.54, 1.807) is 0 Å². The quantitative estimate of drug-likeness (QED) is 0.680. The number of pyridine rings is 1. The van der Waals surface area contributed by atoms with Crippen LogP contribution in [0.25, 0.3) is 11.6 Å². The molecule has 0 radical (unpaired) electrons. The molecule has 1 fully saturated rings. The number of hydrogen-bond acceptors (Lipinski definition) is 5. The molecule has 1 aliphatic heterocycles. The SMILES string of the molecule is CB(O)N1CCN([C@H]2c3ccccc3C(C=O)=Cc3cccnc32)CC1. The van der Waals surface area contributed by atoms with Crippen LogP contribution in [-0.4, -0.2) is 59.2 Å². The van der Waals surface area contributed by atoms with Gasteiger partial charge in [0.1, 0.15) is 0 Å². The fourth-order valence-corrected chi connectivity index (χ4v) is 4.01. The van der Waals surface area contributed by atoms with E-state index in [9.17, 15) is 9.82 Å². The van der Waals surface area contributed by atoms with E-state index in [1.807, 2.05) is 49.4 Å². The summed E-state index contributed by atoms with van der Waals surface area (Å²) in [6.45, 7) is 5.12. The van der Waals surface area contributed by atoms with Crippen LogP contribution in [0.2, 0.25) is 6.82 Å². The van der Waals surface area contributed by atoms with Crippen molar-refractivity contribution in [2.45, 2.75) is 12.9 Å². The Bertz CT molecular complexity index is 844. The van der Waals surface area contributed by atoms with Gasteiger partial charge in [-0.2, -0.15) is 0 Å². The van der Waals surface area contributed by atoms with E-state index in [-0.39, 0.29) is 6.04 Å².